The molecule has 0 bridgehead atoms. The lowest BCUT2D eigenvalue weighted by molar-refractivity contribution is 0.0473. The summed E-state index contributed by atoms with van der Waals surface area (Å²) in [4.78, 5) is 24.8. The van der Waals surface area contributed by atoms with Gasteiger partial charge >= 0.3 is 5.97 Å². The number of benzene rings is 3. The highest BCUT2D eigenvalue weighted by Crippen LogP contribution is 2.28. The average molecular weight is 443 g/mol. The van der Waals surface area contributed by atoms with Gasteiger partial charge < -0.3 is 9.15 Å². The van der Waals surface area contributed by atoms with Crippen LogP contribution in [-0.2, 0) is 11.3 Å². The first-order valence-corrected chi connectivity index (χ1v) is 10.4. The van der Waals surface area contributed by atoms with Crippen molar-refractivity contribution in [2.45, 2.75) is 6.61 Å². The minimum Gasteiger partial charge on any atom is -0.457 e. The number of ketones is 1. The van der Waals surface area contributed by atoms with Crippen LogP contribution in [0, 0.1) is 0 Å². The first-order valence-electron chi connectivity index (χ1n) is 9.98. The molecule has 4 rings (SSSR count). The Morgan fingerprint density at radius 1 is 0.875 bits per heavy atom. The Morgan fingerprint density at radius 2 is 1.59 bits per heavy atom. The molecule has 0 saturated carbocycles. The minimum absolute atomic E-state index is 0.113. The maximum absolute atomic E-state index is 12.6. The van der Waals surface area contributed by atoms with Gasteiger partial charge in [0.1, 0.15) is 18.1 Å². The minimum atomic E-state index is -0.513. The predicted molar refractivity (Wildman–Crippen MR) is 125 cm³/mol. The van der Waals surface area contributed by atoms with E-state index in [9.17, 15) is 9.59 Å². The van der Waals surface area contributed by atoms with E-state index in [0.717, 1.165) is 5.56 Å². The molecule has 3 aromatic carbocycles. The quantitative estimate of drug-likeness (QED) is 0.178. The summed E-state index contributed by atoms with van der Waals surface area (Å²) < 4.78 is 11.2. The van der Waals surface area contributed by atoms with Crippen molar-refractivity contribution in [1.82, 2.24) is 0 Å². The second-order valence-corrected chi connectivity index (χ2v) is 7.43. The Labute approximate surface area is 190 Å². The van der Waals surface area contributed by atoms with E-state index in [1.165, 1.54) is 6.08 Å². The van der Waals surface area contributed by atoms with Crippen molar-refractivity contribution in [3.8, 4) is 11.3 Å². The van der Waals surface area contributed by atoms with E-state index in [0.29, 0.717) is 27.7 Å². The summed E-state index contributed by atoms with van der Waals surface area (Å²) in [6.07, 6.45) is 3.08. The van der Waals surface area contributed by atoms with Crippen LogP contribution in [0.3, 0.4) is 0 Å². The van der Waals surface area contributed by atoms with Gasteiger partial charge in [0.2, 0.25) is 0 Å². The molecule has 0 aliphatic carbocycles. The van der Waals surface area contributed by atoms with Crippen molar-refractivity contribution in [3.63, 3.8) is 0 Å². The van der Waals surface area contributed by atoms with Crippen LogP contribution in [0.4, 0.5) is 0 Å². The number of ether oxygens (including phenoxy) is 1. The molecule has 5 heteroatoms. The molecule has 0 amide bonds. The number of furan rings is 1. The fraction of sp³-hybridized carbons (Fsp3) is 0.0370. The van der Waals surface area contributed by atoms with Gasteiger partial charge in [0.05, 0.1) is 10.6 Å². The summed E-state index contributed by atoms with van der Waals surface area (Å²) in [6.45, 7) is 0.158. The van der Waals surface area contributed by atoms with Gasteiger partial charge in [0.15, 0.2) is 5.78 Å². The highest BCUT2D eigenvalue weighted by atomic mass is 35.5. The number of allylic oxidation sites excluding steroid dienone is 1. The standard InChI is InChI=1S/C27H19ClO4/c28-24-14-11-21(17-23(24)27(30)31-18-19-7-3-1-4-8-19)26-16-13-22(32-26)12-15-25(29)20-9-5-2-6-10-20/h1-17H,18H2/b15-12+. The van der Waals surface area contributed by atoms with Crippen molar-refractivity contribution < 1.29 is 18.7 Å². The van der Waals surface area contributed by atoms with E-state index in [2.05, 4.69) is 0 Å². The Hall–Kier alpha value is -3.89. The number of hydrogen-bond acceptors (Lipinski definition) is 4. The van der Waals surface area contributed by atoms with E-state index >= 15 is 0 Å². The van der Waals surface area contributed by atoms with E-state index in [1.54, 1.807) is 48.5 Å². The number of halogens is 1. The van der Waals surface area contributed by atoms with Gasteiger partial charge in [-0.05, 0) is 48.0 Å². The second-order valence-electron chi connectivity index (χ2n) is 7.02. The fourth-order valence-corrected chi connectivity index (χ4v) is 3.28. The van der Waals surface area contributed by atoms with Crippen LogP contribution in [0.1, 0.15) is 32.0 Å². The maximum atomic E-state index is 12.6. The SMILES string of the molecule is O=C(/C=C/c1ccc(-c2ccc(Cl)c(C(=O)OCc3ccccc3)c2)o1)c1ccccc1. The summed E-state index contributed by atoms with van der Waals surface area (Å²) in [5.41, 5.74) is 2.43. The first-order chi connectivity index (χ1) is 15.6. The zero-order chi connectivity index (χ0) is 22.3. The molecule has 32 heavy (non-hydrogen) atoms. The summed E-state index contributed by atoms with van der Waals surface area (Å²) >= 11 is 6.23. The van der Waals surface area contributed by atoms with E-state index < -0.39 is 5.97 Å². The van der Waals surface area contributed by atoms with Crippen molar-refractivity contribution >= 4 is 29.4 Å². The summed E-state index contributed by atoms with van der Waals surface area (Å²) in [7, 11) is 0. The molecule has 0 radical (unpaired) electrons. The lowest BCUT2D eigenvalue weighted by Crippen LogP contribution is -2.06. The predicted octanol–water partition coefficient (Wildman–Crippen LogP) is 6.85. The molecule has 1 heterocycles. The van der Waals surface area contributed by atoms with Crippen LogP contribution in [0.15, 0.2) is 101 Å². The van der Waals surface area contributed by atoms with Crippen LogP contribution < -0.4 is 0 Å². The lowest BCUT2D eigenvalue weighted by atomic mass is 10.1. The Kier molecular flexibility index (Phi) is 6.63. The molecule has 0 aliphatic heterocycles. The number of rotatable bonds is 7. The van der Waals surface area contributed by atoms with Gasteiger partial charge in [0, 0.05) is 11.1 Å². The molecule has 1 aromatic heterocycles. The summed E-state index contributed by atoms with van der Waals surface area (Å²) in [5, 5.41) is 0.298. The Morgan fingerprint density at radius 3 is 2.34 bits per heavy atom. The second kappa shape index (κ2) is 9.94. The zero-order valence-electron chi connectivity index (χ0n) is 17.0. The number of carbonyl (C=O) groups is 2. The largest absolute Gasteiger partial charge is 0.457 e. The van der Waals surface area contributed by atoms with Crippen LogP contribution in [0.5, 0.6) is 0 Å². The van der Waals surface area contributed by atoms with E-state index in [-0.39, 0.29) is 18.0 Å². The molecule has 0 spiro atoms. The van der Waals surface area contributed by atoms with E-state index in [1.807, 2.05) is 48.5 Å². The van der Waals surface area contributed by atoms with E-state index in [4.69, 9.17) is 20.8 Å². The highest BCUT2D eigenvalue weighted by molar-refractivity contribution is 6.33. The molecule has 4 aromatic rings. The van der Waals surface area contributed by atoms with Crippen molar-refractivity contribution in [1.29, 1.82) is 0 Å². The number of hydrogen-bond donors (Lipinski definition) is 0. The van der Waals surface area contributed by atoms with Gasteiger partial charge in [0.25, 0.3) is 0 Å². The molecule has 158 valence electrons. The lowest BCUT2D eigenvalue weighted by Gasteiger charge is -2.08. The molecule has 0 fully saturated rings. The number of esters is 1. The van der Waals surface area contributed by atoms with Gasteiger partial charge in [-0.15, -0.1) is 0 Å². The highest BCUT2D eigenvalue weighted by Gasteiger charge is 2.15. The van der Waals surface area contributed by atoms with Gasteiger partial charge in [-0.2, -0.15) is 0 Å². The zero-order valence-corrected chi connectivity index (χ0v) is 17.8. The molecule has 0 unspecified atom stereocenters. The van der Waals surface area contributed by atoms with Crippen LogP contribution in [0.25, 0.3) is 17.4 Å². The molecule has 0 N–H and O–H groups in total. The first kappa shape index (κ1) is 21.3. The molecule has 0 atom stereocenters. The number of carbonyl (C=O) groups excluding carboxylic acids is 2. The van der Waals surface area contributed by atoms with Crippen molar-refractivity contribution in [2.75, 3.05) is 0 Å². The third kappa shape index (κ3) is 5.23. The van der Waals surface area contributed by atoms with Crippen LogP contribution >= 0.6 is 11.6 Å². The average Bonchev–Trinajstić information content (AvgIpc) is 3.31. The Balaban J connectivity index is 1.47. The van der Waals surface area contributed by atoms with Gasteiger partial charge in [-0.3, -0.25) is 4.79 Å². The van der Waals surface area contributed by atoms with Crippen molar-refractivity contribution in [2.24, 2.45) is 0 Å². The summed E-state index contributed by atoms with van der Waals surface area (Å²) in [6, 6.07) is 27.0. The van der Waals surface area contributed by atoms with Gasteiger partial charge in [-0.25, -0.2) is 4.79 Å². The van der Waals surface area contributed by atoms with Crippen LogP contribution in [0.2, 0.25) is 5.02 Å². The normalized spacial score (nSPS) is 10.9. The molecular formula is C27H19ClO4. The van der Waals surface area contributed by atoms with Gasteiger partial charge in [-0.1, -0.05) is 72.3 Å². The monoisotopic (exact) mass is 442 g/mol. The smallest absolute Gasteiger partial charge is 0.340 e. The third-order valence-electron chi connectivity index (χ3n) is 4.77. The molecule has 4 nitrogen and oxygen atoms in total. The van der Waals surface area contributed by atoms with Crippen LogP contribution in [-0.4, -0.2) is 11.8 Å². The fourth-order valence-electron chi connectivity index (χ4n) is 3.09. The summed E-state index contributed by atoms with van der Waals surface area (Å²) in [5.74, 6) is 0.442. The molecule has 0 saturated heterocycles. The maximum Gasteiger partial charge on any atom is 0.340 e. The third-order valence-corrected chi connectivity index (χ3v) is 5.10. The van der Waals surface area contributed by atoms with Crippen molar-refractivity contribution in [3.05, 3.63) is 125 Å². The Bertz CT molecular complexity index is 1260. The molecule has 0 aliphatic rings. The topological polar surface area (TPSA) is 56.5 Å². The molecular weight excluding hydrogens is 424 g/mol.